The smallest absolute Gasteiger partial charge is 0.214 e. The van der Waals surface area contributed by atoms with Crippen LogP contribution < -0.4 is 4.90 Å². The van der Waals surface area contributed by atoms with E-state index < -0.39 is 0 Å². The van der Waals surface area contributed by atoms with Crippen LogP contribution in [0.1, 0.15) is 20.3 Å². The number of halogens is 1. The third kappa shape index (κ3) is 2.28. The van der Waals surface area contributed by atoms with E-state index in [0.29, 0.717) is 5.92 Å². The predicted molar refractivity (Wildman–Crippen MR) is 59.4 cm³/mol. The van der Waals surface area contributed by atoms with Gasteiger partial charge in [-0.05, 0) is 24.3 Å². The molecule has 0 aromatic carbocycles. The van der Waals surface area contributed by atoms with Crippen LogP contribution in [0, 0.1) is 17.8 Å². The molecule has 0 spiro atoms. The lowest BCUT2D eigenvalue weighted by molar-refractivity contribution is 0.422. The fourth-order valence-electron chi connectivity index (χ4n) is 2.15. The van der Waals surface area contributed by atoms with Crippen molar-refractivity contribution >= 4 is 5.69 Å². The number of rotatable bonds is 2. The average Bonchev–Trinajstić information content (AvgIpc) is 2.66. The Balaban J connectivity index is 2.08. The van der Waals surface area contributed by atoms with Crippen LogP contribution in [-0.2, 0) is 0 Å². The maximum absolute atomic E-state index is 12.9. The zero-order valence-corrected chi connectivity index (χ0v) is 9.28. The van der Waals surface area contributed by atoms with Crippen LogP contribution in [0.3, 0.4) is 0 Å². The van der Waals surface area contributed by atoms with Gasteiger partial charge in [-0.15, -0.1) is 0 Å². The predicted octanol–water partition coefficient (Wildman–Crippen LogP) is 2.70. The molecule has 1 aromatic heterocycles. The van der Waals surface area contributed by atoms with E-state index in [0.717, 1.165) is 24.7 Å². The third-order valence-electron chi connectivity index (χ3n) is 3.24. The van der Waals surface area contributed by atoms with Gasteiger partial charge in [-0.2, -0.15) is 4.39 Å². The number of hydrogen-bond donors (Lipinski definition) is 0. The Bertz CT molecular complexity index is 338. The number of pyridine rings is 1. The van der Waals surface area contributed by atoms with Crippen LogP contribution in [0.15, 0.2) is 18.3 Å². The van der Waals surface area contributed by atoms with Gasteiger partial charge >= 0.3 is 0 Å². The van der Waals surface area contributed by atoms with Crippen LogP contribution in [0.4, 0.5) is 10.1 Å². The van der Waals surface area contributed by atoms with Gasteiger partial charge in [0, 0.05) is 31.0 Å². The first-order valence-electron chi connectivity index (χ1n) is 5.53. The van der Waals surface area contributed by atoms with Gasteiger partial charge in [-0.25, -0.2) is 4.98 Å². The van der Waals surface area contributed by atoms with E-state index >= 15 is 0 Å². The lowest BCUT2D eigenvalue weighted by Crippen LogP contribution is -2.21. The zero-order valence-electron chi connectivity index (χ0n) is 9.28. The van der Waals surface area contributed by atoms with Crippen LogP contribution in [0.2, 0.25) is 0 Å². The van der Waals surface area contributed by atoms with E-state index in [1.807, 2.05) is 6.07 Å². The van der Waals surface area contributed by atoms with Crippen molar-refractivity contribution in [3.63, 3.8) is 0 Å². The second-order valence-corrected chi connectivity index (χ2v) is 4.58. The molecule has 2 nitrogen and oxygen atoms in total. The minimum absolute atomic E-state index is 0.388. The van der Waals surface area contributed by atoms with Gasteiger partial charge in [0.25, 0.3) is 0 Å². The SMILES string of the molecule is CC(C)[C@H]1CCN(c2ccnc(F)c2)C1. The molecule has 0 N–H and O–H groups in total. The van der Waals surface area contributed by atoms with Gasteiger partial charge in [0.05, 0.1) is 0 Å². The summed E-state index contributed by atoms with van der Waals surface area (Å²) >= 11 is 0. The van der Waals surface area contributed by atoms with Gasteiger partial charge in [0.1, 0.15) is 0 Å². The Hall–Kier alpha value is -1.12. The Morgan fingerprint density at radius 2 is 2.33 bits per heavy atom. The van der Waals surface area contributed by atoms with Gasteiger partial charge in [-0.1, -0.05) is 13.8 Å². The summed E-state index contributed by atoms with van der Waals surface area (Å²) in [6, 6.07) is 3.40. The van der Waals surface area contributed by atoms with Gasteiger partial charge < -0.3 is 4.90 Å². The number of nitrogens with zero attached hydrogens (tertiary/aromatic N) is 2. The van der Waals surface area contributed by atoms with E-state index in [-0.39, 0.29) is 5.95 Å². The van der Waals surface area contributed by atoms with Crippen molar-refractivity contribution in [3.05, 3.63) is 24.3 Å². The van der Waals surface area contributed by atoms with Gasteiger partial charge in [-0.3, -0.25) is 0 Å². The molecule has 1 saturated heterocycles. The van der Waals surface area contributed by atoms with Gasteiger partial charge in [0.2, 0.25) is 5.95 Å². The Morgan fingerprint density at radius 3 is 2.93 bits per heavy atom. The first-order valence-corrected chi connectivity index (χ1v) is 5.53. The Kier molecular flexibility index (Phi) is 2.89. The lowest BCUT2D eigenvalue weighted by atomic mass is 9.95. The molecule has 2 rings (SSSR count). The summed E-state index contributed by atoms with van der Waals surface area (Å²) in [6.07, 6.45) is 2.75. The molecular weight excluding hydrogens is 191 g/mol. The molecule has 2 heterocycles. The molecule has 1 aromatic rings. The largest absolute Gasteiger partial charge is 0.371 e. The number of hydrogen-bond acceptors (Lipinski definition) is 2. The molecule has 0 radical (unpaired) electrons. The molecule has 0 saturated carbocycles. The van der Waals surface area contributed by atoms with Crippen LogP contribution in [0.25, 0.3) is 0 Å². The molecule has 1 aliphatic rings. The molecule has 3 heteroatoms. The summed E-state index contributed by atoms with van der Waals surface area (Å²) in [5.41, 5.74) is 0.964. The van der Waals surface area contributed by atoms with E-state index in [9.17, 15) is 4.39 Å². The summed E-state index contributed by atoms with van der Waals surface area (Å²) in [6.45, 7) is 6.58. The highest BCUT2D eigenvalue weighted by Gasteiger charge is 2.24. The standard InChI is InChI=1S/C12H17FN2/c1-9(2)10-4-6-15(8-10)11-3-5-14-12(13)7-11/h3,5,7,9-10H,4,6,8H2,1-2H3/t10-/m0/s1. The maximum atomic E-state index is 12.9. The first-order chi connectivity index (χ1) is 7.16. The highest BCUT2D eigenvalue weighted by Crippen LogP contribution is 2.27. The minimum Gasteiger partial charge on any atom is -0.371 e. The second-order valence-electron chi connectivity index (χ2n) is 4.58. The van der Waals surface area contributed by atoms with Gasteiger partial charge in [0.15, 0.2) is 0 Å². The maximum Gasteiger partial charge on any atom is 0.214 e. The van der Waals surface area contributed by atoms with E-state index in [1.54, 1.807) is 0 Å². The molecule has 82 valence electrons. The zero-order chi connectivity index (χ0) is 10.8. The molecule has 0 unspecified atom stereocenters. The molecule has 1 atom stereocenters. The highest BCUT2D eigenvalue weighted by atomic mass is 19.1. The molecule has 0 aliphatic carbocycles. The number of aromatic nitrogens is 1. The summed E-state index contributed by atoms with van der Waals surface area (Å²) in [4.78, 5) is 5.82. The molecule has 0 amide bonds. The fourth-order valence-corrected chi connectivity index (χ4v) is 2.15. The van der Waals surface area contributed by atoms with Crippen molar-refractivity contribution in [1.29, 1.82) is 0 Å². The summed E-state index contributed by atoms with van der Waals surface area (Å²) < 4.78 is 12.9. The highest BCUT2D eigenvalue weighted by molar-refractivity contribution is 5.45. The third-order valence-corrected chi connectivity index (χ3v) is 3.24. The first kappa shape index (κ1) is 10.4. The molecule has 1 fully saturated rings. The van der Waals surface area contributed by atoms with Crippen LogP contribution in [0.5, 0.6) is 0 Å². The lowest BCUT2D eigenvalue weighted by Gasteiger charge is -2.19. The second kappa shape index (κ2) is 4.17. The van der Waals surface area contributed by atoms with E-state index in [2.05, 4.69) is 23.7 Å². The van der Waals surface area contributed by atoms with Crippen molar-refractivity contribution in [2.24, 2.45) is 11.8 Å². The Labute approximate surface area is 90.1 Å². The van der Waals surface area contributed by atoms with Crippen molar-refractivity contribution in [2.75, 3.05) is 18.0 Å². The van der Waals surface area contributed by atoms with Crippen molar-refractivity contribution in [2.45, 2.75) is 20.3 Å². The van der Waals surface area contributed by atoms with E-state index in [4.69, 9.17) is 0 Å². The van der Waals surface area contributed by atoms with Crippen molar-refractivity contribution < 1.29 is 4.39 Å². The van der Waals surface area contributed by atoms with Crippen molar-refractivity contribution in [3.8, 4) is 0 Å². The van der Waals surface area contributed by atoms with Crippen molar-refractivity contribution in [1.82, 2.24) is 4.98 Å². The summed E-state index contributed by atoms with van der Waals surface area (Å²) in [5, 5.41) is 0. The molecule has 0 bridgehead atoms. The average molecular weight is 208 g/mol. The summed E-state index contributed by atoms with van der Waals surface area (Å²) in [5.74, 6) is 1.06. The quantitative estimate of drug-likeness (QED) is 0.695. The van der Waals surface area contributed by atoms with E-state index in [1.165, 1.54) is 18.7 Å². The minimum atomic E-state index is -0.388. The molecule has 1 aliphatic heterocycles. The summed E-state index contributed by atoms with van der Waals surface area (Å²) in [7, 11) is 0. The molecular formula is C12H17FN2. The van der Waals surface area contributed by atoms with Crippen LogP contribution in [-0.4, -0.2) is 18.1 Å². The number of anilines is 1. The normalized spacial score (nSPS) is 21.3. The Morgan fingerprint density at radius 1 is 1.53 bits per heavy atom. The molecule has 15 heavy (non-hydrogen) atoms. The topological polar surface area (TPSA) is 16.1 Å². The van der Waals surface area contributed by atoms with Crippen LogP contribution >= 0.6 is 0 Å². The fraction of sp³-hybridized carbons (Fsp3) is 0.583. The monoisotopic (exact) mass is 208 g/mol.